The lowest BCUT2D eigenvalue weighted by molar-refractivity contribution is 0.316. The first-order chi connectivity index (χ1) is 8.33. The molecule has 5 heteroatoms. The molecule has 1 heterocycles. The normalized spacial score (nSPS) is 32.0. The van der Waals surface area contributed by atoms with Gasteiger partial charge in [-0.15, -0.1) is 0 Å². The Morgan fingerprint density at radius 3 is 2.65 bits per heavy atom. The molecule has 1 aromatic heterocycles. The van der Waals surface area contributed by atoms with E-state index in [1.165, 1.54) is 19.3 Å². The highest BCUT2D eigenvalue weighted by molar-refractivity contribution is 5.22. The number of hydrogen-bond acceptors (Lipinski definition) is 5. The highest BCUT2D eigenvalue weighted by atomic mass is 16.5. The van der Waals surface area contributed by atoms with Crippen LogP contribution in [0.1, 0.15) is 31.0 Å². The van der Waals surface area contributed by atoms with Crippen LogP contribution in [-0.2, 0) is 0 Å². The van der Waals surface area contributed by atoms with Gasteiger partial charge in [0.05, 0.1) is 13.2 Å². The Balaban J connectivity index is 1.83. The van der Waals surface area contributed by atoms with Gasteiger partial charge in [0.25, 0.3) is 0 Å². The first-order valence-corrected chi connectivity index (χ1v) is 6.14. The fraction of sp³-hybridized carbons (Fsp3) is 0.667. The van der Waals surface area contributed by atoms with Gasteiger partial charge in [-0.25, -0.2) is 4.98 Å². The zero-order valence-corrected chi connectivity index (χ0v) is 9.97. The first-order valence-electron chi connectivity index (χ1n) is 6.14. The van der Waals surface area contributed by atoms with Gasteiger partial charge < -0.3 is 4.74 Å². The van der Waals surface area contributed by atoms with Crippen LogP contribution in [0.15, 0.2) is 12.4 Å². The summed E-state index contributed by atoms with van der Waals surface area (Å²) in [6, 6.07) is 0.0615. The van der Waals surface area contributed by atoms with Crippen molar-refractivity contribution in [2.24, 2.45) is 23.6 Å². The molecule has 92 valence electrons. The number of ether oxygens (including phenoxy) is 1. The molecule has 2 fully saturated rings. The third-order valence-corrected chi connectivity index (χ3v) is 4.11. The Morgan fingerprint density at radius 2 is 2.00 bits per heavy atom. The van der Waals surface area contributed by atoms with E-state index in [9.17, 15) is 0 Å². The molecular formula is C12H18N4O. The van der Waals surface area contributed by atoms with Gasteiger partial charge in [0.15, 0.2) is 0 Å². The lowest BCUT2D eigenvalue weighted by atomic mass is 9.92. The largest absolute Gasteiger partial charge is 0.480 e. The van der Waals surface area contributed by atoms with E-state index >= 15 is 0 Å². The summed E-state index contributed by atoms with van der Waals surface area (Å²) in [7, 11) is 1.62. The smallest absolute Gasteiger partial charge is 0.237 e. The number of rotatable bonds is 4. The Hall–Kier alpha value is -1.20. The van der Waals surface area contributed by atoms with Crippen molar-refractivity contribution in [3.05, 3.63) is 18.1 Å². The maximum Gasteiger partial charge on any atom is 0.237 e. The zero-order valence-electron chi connectivity index (χ0n) is 9.97. The van der Waals surface area contributed by atoms with E-state index in [-0.39, 0.29) is 6.04 Å². The van der Waals surface area contributed by atoms with Gasteiger partial charge in [0.2, 0.25) is 5.88 Å². The van der Waals surface area contributed by atoms with Crippen molar-refractivity contribution in [1.29, 1.82) is 0 Å². The molecule has 3 unspecified atom stereocenters. The Morgan fingerprint density at radius 1 is 1.29 bits per heavy atom. The van der Waals surface area contributed by atoms with Gasteiger partial charge >= 0.3 is 0 Å². The van der Waals surface area contributed by atoms with E-state index < -0.39 is 0 Å². The molecule has 0 radical (unpaired) electrons. The molecule has 2 aliphatic carbocycles. The summed E-state index contributed by atoms with van der Waals surface area (Å²) in [6.45, 7) is 0. The minimum Gasteiger partial charge on any atom is -0.480 e. The summed E-state index contributed by atoms with van der Waals surface area (Å²) in [5.74, 6) is 8.70. The molecule has 0 saturated heterocycles. The van der Waals surface area contributed by atoms with Crippen LogP contribution in [0.2, 0.25) is 0 Å². The molecule has 0 bridgehead atoms. The zero-order chi connectivity index (χ0) is 11.8. The maximum absolute atomic E-state index is 5.70. The minimum atomic E-state index is 0.0615. The number of fused-ring (bicyclic) bond motifs is 1. The van der Waals surface area contributed by atoms with E-state index in [1.54, 1.807) is 19.5 Å². The first kappa shape index (κ1) is 10.9. The second-order valence-electron chi connectivity index (χ2n) is 5.08. The van der Waals surface area contributed by atoms with Crippen LogP contribution in [0.5, 0.6) is 5.88 Å². The molecule has 2 aliphatic rings. The standard InChI is InChI=1S/C12H18N4O/c1-17-12-11(14-2-3-15-12)10(16-13)9-5-7-4-8(7)6-9/h2-3,7-10,16H,4-6,13H2,1H3. The van der Waals surface area contributed by atoms with E-state index in [1.807, 2.05) is 0 Å². The number of nitrogens with two attached hydrogens (primary N) is 1. The summed E-state index contributed by atoms with van der Waals surface area (Å²) in [4.78, 5) is 8.56. The molecule has 17 heavy (non-hydrogen) atoms. The summed E-state index contributed by atoms with van der Waals surface area (Å²) >= 11 is 0. The quantitative estimate of drug-likeness (QED) is 0.601. The van der Waals surface area contributed by atoms with E-state index in [0.717, 1.165) is 17.5 Å². The molecule has 5 nitrogen and oxygen atoms in total. The number of aromatic nitrogens is 2. The molecule has 0 amide bonds. The van der Waals surface area contributed by atoms with Gasteiger partial charge in [-0.2, -0.15) is 0 Å². The van der Waals surface area contributed by atoms with Crippen molar-refractivity contribution < 1.29 is 4.74 Å². The van der Waals surface area contributed by atoms with Crippen LogP contribution in [-0.4, -0.2) is 17.1 Å². The van der Waals surface area contributed by atoms with Crippen molar-refractivity contribution >= 4 is 0 Å². The maximum atomic E-state index is 5.70. The van der Waals surface area contributed by atoms with Crippen LogP contribution in [0.25, 0.3) is 0 Å². The molecule has 0 spiro atoms. The Kier molecular flexibility index (Phi) is 2.72. The third kappa shape index (κ3) is 1.89. The second kappa shape index (κ2) is 4.23. The summed E-state index contributed by atoms with van der Waals surface area (Å²) in [5.41, 5.74) is 3.73. The van der Waals surface area contributed by atoms with Crippen molar-refractivity contribution in [2.75, 3.05) is 7.11 Å². The van der Waals surface area contributed by atoms with Crippen molar-refractivity contribution in [3.63, 3.8) is 0 Å². The van der Waals surface area contributed by atoms with E-state index in [4.69, 9.17) is 10.6 Å². The molecule has 3 rings (SSSR count). The lowest BCUT2D eigenvalue weighted by Gasteiger charge is -2.24. The van der Waals surface area contributed by atoms with Crippen LogP contribution < -0.4 is 16.0 Å². The summed E-state index contributed by atoms with van der Waals surface area (Å²) < 4.78 is 5.26. The molecular weight excluding hydrogens is 216 g/mol. The van der Waals surface area contributed by atoms with E-state index in [0.29, 0.717) is 11.8 Å². The molecule has 0 aliphatic heterocycles. The number of nitrogens with zero attached hydrogens (tertiary/aromatic N) is 2. The highest BCUT2D eigenvalue weighted by Gasteiger charge is 2.48. The molecule has 1 aromatic rings. The topological polar surface area (TPSA) is 73.1 Å². The third-order valence-electron chi connectivity index (χ3n) is 4.11. The van der Waals surface area contributed by atoms with Gasteiger partial charge in [0, 0.05) is 12.4 Å². The van der Waals surface area contributed by atoms with Gasteiger partial charge in [-0.05, 0) is 37.0 Å². The molecule has 0 aromatic carbocycles. The van der Waals surface area contributed by atoms with Crippen LogP contribution in [0.4, 0.5) is 0 Å². The summed E-state index contributed by atoms with van der Waals surface area (Å²) in [6.07, 6.45) is 7.24. The fourth-order valence-corrected chi connectivity index (χ4v) is 3.18. The van der Waals surface area contributed by atoms with E-state index in [2.05, 4.69) is 15.4 Å². The highest BCUT2D eigenvalue weighted by Crippen LogP contribution is 2.57. The number of hydrazine groups is 1. The number of nitrogens with one attached hydrogen (secondary N) is 1. The monoisotopic (exact) mass is 234 g/mol. The second-order valence-corrected chi connectivity index (χ2v) is 5.08. The van der Waals surface area contributed by atoms with Crippen LogP contribution in [0.3, 0.4) is 0 Å². The predicted molar refractivity (Wildman–Crippen MR) is 63.0 cm³/mol. The Labute approximate surface area is 101 Å². The van der Waals surface area contributed by atoms with Crippen molar-refractivity contribution in [1.82, 2.24) is 15.4 Å². The van der Waals surface area contributed by atoms with Crippen molar-refractivity contribution in [3.8, 4) is 5.88 Å². The fourth-order valence-electron chi connectivity index (χ4n) is 3.18. The van der Waals surface area contributed by atoms with Crippen molar-refractivity contribution in [2.45, 2.75) is 25.3 Å². The van der Waals surface area contributed by atoms with Crippen LogP contribution >= 0.6 is 0 Å². The van der Waals surface area contributed by atoms with Gasteiger partial charge in [-0.1, -0.05) is 0 Å². The van der Waals surface area contributed by atoms with Gasteiger partial charge in [0.1, 0.15) is 5.69 Å². The number of hydrogen-bond donors (Lipinski definition) is 2. The predicted octanol–water partition coefficient (Wildman–Crippen LogP) is 1.04. The summed E-state index contributed by atoms with van der Waals surface area (Å²) in [5, 5.41) is 0. The average molecular weight is 234 g/mol. The lowest BCUT2D eigenvalue weighted by Crippen LogP contribution is -2.34. The SMILES string of the molecule is COc1nccnc1C(NN)C1CC2CC2C1. The molecule has 3 N–H and O–H groups in total. The molecule has 3 atom stereocenters. The average Bonchev–Trinajstić information content (AvgIpc) is 2.98. The van der Waals surface area contributed by atoms with Gasteiger partial charge in [-0.3, -0.25) is 16.3 Å². The molecule has 2 saturated carbocycles. The number of methoxy groups -OCH3 is 1. The Bertz CT molecular complexity index is 401. The van der Waals surface area contributed by atoms with Crippen LogP contribution in [0, 0.1) is 17.8 Å². The minimum absolute atomic E-state index is 0.0615.